The number of rotatable bonds is 2. The second kappa shape index (κ2) is 4.70. The minimum atomic E-state index is -4.43. The van der Waals surface area contributed by atoms with Gasteiger partial charge in [0.2, 0.25) is 0 Å². The van der Waals surface area contributed by atoms with Gasteiger partial charge in [-0.05, 0) is 18.4 Å². The Hall–Kier alpha value is -1.40. The molecule has 2 nitrogen and oxygen atoms in total. The average Bonchev–Trinajstić information content (AvgIpc) is 2.73. The minimum Gasteiger partial charge on any atom is -0.392 e. The molecule has 1 N–H and O–H groups in total. The molecule has 0 bridgehead atoms. The van der Waals surface area contributed by atoms with Gasteiger partial charge in [0, 0.05) is 28.6 Å². The highest BCUT2D eigenvalue weighted by atomic mass is 32.1. The van der Waals surface area contributed by atoms with Crippen molar-refractivity contribution >= 4 is 11.3 Å². The number of aryl methyl sites for hydroxylation is 1. The predicted octanol–water partition coefficient (Wildman–Crippen LogP) is 3.63. The molecule has 2 aromatic rings. The third-order valence-corrected chi connectivity index (χ3v) is 3.60. The van der Waals surface area contributed by atoms with E-state index in [1.165, 1.54) is 11.6 Å². The number of aromatic nitrogens is 1. The van der Waals surface area contributed by atoms with Crippen LogP contribution in [0.15, 0.2) is 23.7 Å². The van der Waals surface area contributed by atoms with Crippen molar-refractivity contribution < 1.29 is 18.3 Å². The topological polar surface area (TPSA) is 33.1 Å². The first-order chi connectivity index (χ1) is 8.43. The van der Waals surface area contributed by atoms with Gasteiger partial charge >= 0.3 is 6.18 Å². The minimum absolute atomic E-state index is 0.0850. The van der Waals surface area contributed by atoms with E-state index in [1.54, 1.807) is 19.1 Å². The summed E-state index contributed by atoms with van der Waals surface area (Å²) in [5.41, 5.74) is 1.67. The molecule has 0 saturated heterocycles. The molecule has 2 rings (SSSR count). The lowest BCUT2D eigenvalue weighted by molar-refractivity contribution is -0.135. The molecule has 0 radical (unpaired) electrons. The van der Waals surface area contributed by atoms with Gasteiger partial charge in [0.15, 0.2) is 0 Å². The zero-order chi connectivity index (χ0) is 13.3. The fourth-order valence-corrected chi connectivity index (χ4v) is 2.61. The molecule has 2 heterocycles. The molecule has 0 aliphatic heterocycles. The van der Waals surface area contributed by atoms with Crippen LogP contribution in [0.4, 0.5) is 13.2 Å². The Morgan fingerprint density at radius 1 is 1.33 bits per heavy atom. The second-order valence-electron chi connectivity index (χ2n) is 3.80. The summed E-state index contributed by atoms with van der Waals surface area (Å²) in [6.07, 6.45) is -2.92. The SMILES string of the molecule is Cc1ccc(-c2csc(C(F)(F)F)c2CO)cn1. The Morgan fingerprint density at radius 3 is 2.56 bits per heavy atom. The van der Waals surface area contributed by atoms with E-state index in [-0.39, 0.29) is 5.56 Å². The van der Waals surface area contributed by atoms with Crippen molar-refractivity contribution in [2.75, 3.05) is 0 Å². The summed E-state index contributed by atoms with van der Waals surface area (Å²) in [7, 11) is 0. The number of pyridine rings is 1. The highest BCUT2D eigenvalue weighted by Gasteiger charge is 2.36. The van der Waals surface area contributed by atoms with Crippen molar-refractivity contribution in [3.05, 3.63) is 39.8 Å². The summed E-state index contributed by atoms with van der Waals surface area (Å²) in [6.45, 7) is 1.16. The molecular weight excluding hydrogens is 263 g/mol. The molecule has 0 saturated carbocycles. The summed E-state index contributed by atoms with van der Waals surface area (Å²) in [5.74, 6) is 0. The molecular formula is C12H10F3NOS. The number of thiophene rings is 1. The monoisotopic (exact) mass is 273 g/mol. The van der Waals surface area contributed by atoms with Gasteiger partial charge in [-0.3, -0.25) is 4.98 Å². The van der Waals surface area contributed by atoms with E-state index in [0.717, 1.165) is 5.69 Å². The van der Waals surface area contributed by atoms with E-state index < -0.39 is 17.7 Å². The summed E-state index contributed by atoms with van der Waals surface area (Å²) < 4.78 is 38.1. The number of halogens is 3. The van der Waals surface area contributed by atoms with E-state index in [1.807, 2.05) is 0 Å². The van der Waals surface area contributed by atoms with Crippen molar-refractivity contribution in [1.29, 1.82) is 0 Å². The highest BCUT2D eigenvalue weighted by Crippen LogP contribution is 2.41. The first kappa shape index (κ1) is 13.0. The number of hydrogen-bond donors (Lipinski definition) is 1. The van der Waals surface area contributed by atoms with Crippen LogP contribution < -0.4 is 0 Å². The molecule has 0 atom stereocenters. The maximum atomic E-state index is 12.7. The van der Waals surface area contributed by atoms with Crippen LogP contribution in [-0.2, 0) is 12.8 Å². The fourth-order valence-electron chi connectivity index (χ4n) is 1.65. The summed E-state index contributed by atoms with van der Waals surface area (Å²) in [5, 5.41) is 10.6. The van der Waals surface area contributed by atoms with Crippen molar-refractivity contribution in [2.24, 2.45) is 0 Å². The Bertz CT molecular complexity index is 545. The van der Waals surface area contributed by atoms with E-state index in [0.29, 0.717) is 22.5 Å². The Morgan fingerprint density at radius 2 is 2.06 bits per heavy atom. The number of hydrogen-bond acceptors (Lipinski definition) is 3. The first-order valence-corrected chi connectivity index (χ1v) is 6.03. The number of alkyl halides is 3. The van der Waals surface area contributed by atoms with Gasteiger partial charge in [0.25, 0.3) is 0 Å². The molecule has 0 aromatic carbocycles. The lowest BCUT2D eigenvalue weighted by Crippen LogP contribution is -2.06. The number of aliphatic hydroxyl groups excluding tert-OH is 1. The second-order valence-corrected chi connectivity index (χ2v) is 4.68. The average molecular weight is 273 g/mol. The van der Waals surface area contributed by atoms with Crippen molar-refractivity contribution in [2.45, 2.75) is 19.7 Å². The lowest BCUT2D eigenvalue weighted by Gasteiger charge is -2.08. The summed E-state index contributed by atoms with van der Waals surface area (Å²) in [6, 6.07) is 3.42. The zero-order valence-electron chi connectivity index (χ0n) is 9.45. The molecule has 0 fully saturated rings. The first-order valence-electron chi connectivity index (χ1n) is 5.15. The van der Waals surface area contributed by atoms with Crippen LogP contribution >= 0.6 is 11.3 Å². The van der Waals surface area contributed by atoms with E-state index in [4.69, 9.17) is 5.11 Å². The molecule has 96 valence electrons. The standard InChI is InChI=1S/C12H10F3NOS/c1-7-2-3-8(4-16-7)10-6-18-11(9(10)5-17)12(13,14)15/h2-4,6,17H,5H2,1H3. The van der Waals surface area contributed by atoms with Crippen LogP contribution in [0.5, 0.6) is 0 Å². The van der Waals surface area contributed by atoms with Gasteiger partial charge < -0.3 is 5.11 Å². The molecule has 0 aliphatic carbocycles. The van der Waals surface area contributed by atoms with E-state index >= 15 is 0 Å². The summed E-state index contributed by atoms with van der Waals surface area (Å²) >= 11 is 0.594. The molecule has 0 unspecified atom stereocenters. The van der Waals surface area contributed by atoms with Crippen LogP contribution in [0.2, 0.25) is 0 Å². The van der Waals surface area contributed by atoms with E-state index in [9.17, 15) is 13.2 Å². The van der Waals surface area contributed by atoms with Crippen molar-refractivity contribution in [3.63, 3.8) is 0 Å². The van der Waals surface area contributed by atoms with Crippen LogP contribution in [0.25, 0.3) is 11.1 Å². The van der Waals surface area contributed by atoms with Crippen LogP contribution in [0.3, 0.4) is 0 Å². The van der Waals surface area contributed by atoms with Gasteiger partial charge in [0.05, 0.1) is 6.61 Å². The zero-order valence-corrected chi connectivity index (χ0v) is 10.3. The van der Waals surface area contributed by atoms with E-state index in [2.05, 4.69) is 4.98 Å². The molecule has 0 amide bonds. The van der Waals surface area contributed by atoms with Crippen LogP contribution in [-0.4, -0.2) is 10.1 Å². The predicted molar refractivity (Wildman–Crippen MR) is 63.2 cm³/mol. The van der Waals surface area contributed by atoms with Crippen molar-refractivity contribution in [3.8, 4) is 11.1 Å². The Balaban J connectivity index is 2.52. The molecule has 6 heteroatoms. The fraction of sp³-hybridized carbons (Fsp3) is 0.250. The maximum Gasteiger partial charge on any atom is 0.425 e. The molecule has 0 aliphatic rings. The van der Waals surface area contributed by atoms with Gasteiger partial charge in [-0.25, -0.2) is 0 Å². The van der Waals surface area contributed by atoms with Crippen molar-refractivity contribution in [1.82, 2.24) is 4.98 Å². The van der Waals surface area contributed by atoms with Crippen LogP contribution in [0, 0.1) is 6.92 Å². The smallest absolute Gasteiger partial charge is 0.392 e. The third-order valence-electron chi connectivity index (χ3n) is 2.53. The number of aliphatic hydroxyl groups is 1. The lowest BCUT2D eigenvalue weighted by atomic mass is 10.0. The van der Waals surface area contributed by atoms with Crippen LogP contribution in [0.1, 0.15) is 16.1 Å². The number of nitrogens with zero attached hydrogens (tertiary/aromatic N) is 1. The van der Waals surface area contributed by atoms with Gasteiger partial charge in [-0.15, -0.1) is 11.3 Å². The Kier molecular flexibility index (Phi) is 3.41. The summed E-state index contributed by atoms with van der Waals surface area (Å²) in [4.78, 5) is 3.29. The normalized spacial score (nSPS) is 11.8. The molecule has 2 aromatic heterocycles. The third kappa shape index (κ3) is 2.39. The largest absolute Gasteiger partial charge is 0.425 e. The maximum absolute atomic E-state index is 12.7. The highest BCUT2D eigenvalue weighted by molar-refractivity contribution is 7.10. The molecule has 18 heavy (non-hydrogen) atoms. The quantitative estimate of drug-likeness (QED) is 0.906. The van der Waals surface area contributed by atoms with Gasteiger partial charge in [-0.2, -0.15) is 13.2 Å². The van der Waals surface area contributed by atoms with Gasteiger partial charge in [0.1, 0.15) is 4.88 Å². The van der Waals surface area contributed by atoms with Gasteiger partial charge in [-0.1, -0.05) is 6.07 Å². The molecule has 0 spiro atoms. The Labute approximate surface area is 106 Å².